The molecule has 2 aromatic heterocycles. The smallest absolute Gasteiger partial charge is 0.208 e. The van der Waals surface area contributed by atoms with Gasteiger partial charge in [0.15, 0.2) is 0 Å². The van der Waals surface area contributed by atoms with Gasteiger partial charge in [0.25, 0.3) is 0 Å². The van der Waals surface area contributed by atoms with Crippen LogP contribution in [0.1, 0.15) is 11.1 Å². The fourth-order valence-electron chi connectivity index (χ4n) is 3.94. The van der Waals surface area contributed by atoms with Gasteiger partial charge >= 0.3 is 0 Å². The van der Waals surface area contributed by atoms with Crippen molar-refractivity contribution in [3.8, 4) is 16.9 Å². The lowest BCUT2D eigenvalue weighted by Gasteiger charge is -2.08. The van der Waals surface area contributed by atoms with Crippen LogP contribution >= 0.6 is 11.6 Å². The monoisotopic (exact) mass is 424 g/mol. The molecule has 0 bridgehead atoms. The summed E-state index contributed by atoms with van der Waals surface area (Å²) in [5.41, 5.74) is 7.37. The zero-order chi connectivity index (χ0) is 21.4. The van der Waals surface area contributed by atoms with Crippen LogP contribution in [0, 0.1) is 12.3 Å². The van der Waals surface area contributed by atoms with Gasteiger partial charge in [-0.1, -0.05) is 65.7 Å². The van der Waals surface area contributed by atoms with Gasteiger partial charge in [0.1, 0.15) is 0 Å². The lowest BCUT2D eigenvalue weighted by Crippen LogP contribution is -2.24. The van der Waals surface area contributed by atoms with Crippen LogP contribution < -0.4 is 5.62 Å². The second-order valence-corrected chi connectivity index (χ2v) is 8.00. The molecule has 2 heterocycles. The Hall–Kier alpha value is -3.63. The summed E-state index contributed by atoms with van der Waals surface area (Å²) in [5, 5.41) is 9.64. The van der Waals surface area contributed by atoms with Crippen LogP contribution in [-0.4, -0.2) is 14.1 Å². The largest absolute Gasteiger partial charge is 0.306 e. The number of imidazole rings is 1. The van der Waals surface area contributed by atoms with Crippen molar-refractivity contribution in [1.29, 1.82) is 5.41 Å². The molecule has 0 amide bonds. The van der Waals surface area contributed by atoms with Gasteiger partial charge in [-0.25, -0.2) is 0 Å². The van der Waals surface area contributed by atoms with E-state index in [1.54, 1.807) is 0 Å². The van der Waals surface area contributed by atoms with Gasteiger partial charge in [0.2, 0.25) is 5.62 Å². The van der Waals surface area contributed by atoms with Gasteiger partial charge in [-0.3, -0.25) is 15.0 Å². The first-order chi connectivity index (χ1) is 15.1. The third-order valence-electron chi connectivity index (χ3n) is 5.49. The summed E-state index contributed by atoms with van der Waals surface area (Å²) in [6, 6.07) is 28.2. The van der Waals surface area contributed by atoms with Crippen molar-refractivity contribution in [3.63, 3.8) is 0 Å². The van der Waals surface area contributed by atoms with E-state index in [0.29, 0.717) is 17.2 Å². The number of fused-ring (bicyclic) bond motifs is 1. The van der Waals surface area contributed by atoms with E-state index >= 15 is 0 Å². The van der Waals surface area contributed by atoms with Gasteiger partial charge in [0, 0.05) is 10.6 Å². The van der Waals surface area contributed by atoms with Crippen LogP contribution in [0.4, 0.5) is 0 Å². The van der Waals surface area contributed by atoms with E-state index in [2.05, 4.69) is 30.1 Å². The van der Waals surface area contributed by atoms with E-state index in [1.165, 1.54) is 5.56 Å². The number of para-hydroxylation sites is 2. The Morgan fingerprint density at radius 1 is 0.871 bits per heavy atom. The van der Waals surface area contributed by atoms with E-state index in [-0.39, 0.29) is 0 Å². The van der Waals surface area contributed by atoms with Gasteiger partial charge in [0.05, 0.1) is 35.2 Å². The number of hydrogen-bond donors (Lipinski definition) is 1. The molecule has 1 N–H and O–H groups in total. The van der Waals surface area contributed by atoms with E-state index in [1.807, 2.05) is 82.1 Å². The molecule has 5 rings (SSSR count). The first kappa shape index (κ1) is 19.3. The maximum Gasteiger partial charge on any atom is 0.208 e. The second kappa shape index (κ2) is 7.89. The fraction of sp³-hybridized carbons (Fsp3) is 0.0769. The van der Waals surface area contributed by atoms with Crippen molar-refractivity contribution >= 4 is 22.6 Å². The van der Waals surface area contributed by atoms with Crippen molar-refractivity contribution in [3.05, 3.63) is 113 Å². The third kappa shape index (κ3) is 3.56. The quantitative estimate of drug-likeness (QED) is 0.378. The minimum atomic E-state index is 0.381. The second-order valence-electron chi connectivity index (χ2n) is 7.60. The summed E-state index contributed by atoms with van der Waals surface area (Å²) in [4.78, 5) is 4.69. The van der Waals surface area contributed by atoms with Gasteiger partial charge in [-0.15, -0.1) is 0 Å². The highest BCUT2D eigenvalue weighted by molar-refractivity contribution is 6.31. The van der Waals surface area contributed by atoms with Crippen LogP contribution in [0.2, 0.25) is 5.02 Å². The van der Waals surface area contributed by atoms with E-state index < -0.39 is 0 Å². The molecule has 0 radical (unpaired) electrons. The van der Waals surface area contributed by atoms with E-state index in [0.717, 1.165) is 33.5 Å². The van der Waals surface area contributed by atoms with Crippen LogP contribution in [0.3, 0.4) is 0 Å². The number of nitrogens with zero attached hydrogens (tertiary/aromatic N) is 3. The van der Waals surface area contributed by atoms with Crippen molar-refractivity contribution in [2.45, 2.75) is 13.5 Å². The molecular formula is C26H21ClN4. The van der Waals surface area contributed by atoms with Crippen molar-refractivity contribution in [1.82, 2.24) is 14.1 Å². The average molecular weight is 425 g/mol. The minimum absolute atomic E-state index is 0.381. The first-order valence-corrected chi connectivity index (χ1v) is 10.5. The zero-order valence-electron chi connectivity index (χ0n) is 17.1. The predicted octanol–water partition coefficient (Wildman–Crippen LogP) is 5.98. The average Bonchev–Trinajstić information content (AvgIpc) is 3.07. The topological polar surface area (TPSA) is 46.6 Å². The Labute approximate surface area is 185 Å². The molecule has 0 unspecified atom stereocenters. The Balaban J connectivity index is 1.62. The SMILES string of the molecule is Cc1cccc(-c2ccc(-n3c(=N)n(Cc4ccccc4Cl)c4ccccc43)cn2)c1. The summed E-state index contributed by atoms with van der Waals surface area (Å²) >= 11 is 6.40. The highest BCUT2D eigenvalue weighted by atomic mass is 35.5. The van der Waals surface area contributed by atoms with Crippen LogP contribution in [0.25, 0.3) is 28.0 Å². The van der Waals surface area contributed by atoms with Crippen molar-refractivity contribution in [2.75, 3.05) is 0 Å². The molecule has 0 spiro atoms. The molecule has 0 aliphatic carbocycles. The van der Waals surface area contributed by atoms with Gasteiger partial charge in [-0.05, 0) is 48.9 Å². The summed E-state index contributed by atoms with van der Waals surface area (Å²) in [5.74, 6) is 0. The van der Waals surface area contributed by atoms with E-state index in [4.69, 9.17) is 17.0 Å². The molecular weight excluding hydrogens is 404 g/mol. The first-order valence-electron chi connectivity index (χ1n) is 10.1. The van der Waals surface area contributed by atoms with Crippen molar-refractivity contribution < 1.29 is 0 Å². The van der Waals surface area contributed by atoms with Gasteiger partial charge < -0.3 is 4.57 Å². The number of hydrogen-bond acceptors (Lipinski definition) is 2. The van der Waals surface area contributed by atoms with Gasteiger partial charge in [-0.2, -0.15) is 0 Å². The Kier molecular flexibility index (Phi) is 4.92. The molecule has 0 aliphatic rings. The number of halogens is 1. The zero-order valence-corrected chi connectivity index (χ0v) is 17.8. The predicted molar refractivity (Wildman–Crippen MR) is 126 cm³/mol. The molecule has 3 aromatic carbocycles. The number of benzene rings is 3. The summed E-state index contributed by atoms with van der Waals surface area (Å²) in [6.45, 7) is 2.61. The molecule has 0 fully saturated rings. The summed E-state index contributed by atoms with van der Waals surface area (Å²) in [6.07, 6.45) is 1.84. The Bertz CT molecular complexity index is 1440. The minimum Gasteiger partial charge on any atom is -0.306 e. The lowest BCUT2D eigenvalue weighted by molar-refractivity contribution is 0.723. The normalized spacial score (nSPS) is 11.2. The molecule has 31 heavy (non-hydrogen) atoms. The number of aryl methyl sites for hydroxylation is 1. The molecule has 0 atom stereocenters. The molecule has 4 nitrogen and oxygen atoms in total. The highest BCUT2D eigenvalue weighted by Crippen LogP contribution is 2.23. The lowest BCUT2D eigenvalue weighted by atomic mass is 10.1. The standard InChI is InChI=1S/C26H21ClN4/c1-18-7-6-9-19(15-18)23-14-13-21(16-29-23)31-25-12-5-4-11-24(25)30(26(31)28)17-20-8-2-3-10-22(20)27/h2-16,28H,17H2,1H3. The maximum atomic E-state index is 8.93. The Morgan fingerprint density at radius 3 is 2.39 bits per heavy atom. The molecule has 5 heteroatoms. The molecule has 0 saturated heterocycles. The number of nitrogens with one attached hydrogen (secondary N) is 1. The highest BCUT2D eigenvalue weighted by Gasteiger charge is 2.14. The number of rotatable bonds is 4. The van der Waals surface area contributed by atoms with Crippen LogP contribution in [0.5, 0.6) is 0 Å². The maximum absolute atomic E-state index is 8.93. The Morgan fingerprint density at radius 2 is 1.65 bits per heavy atom. The fourth-order valence-corrected chi connectivity index (χ4v) is 4.14. The summed E-state index contributed by atoms with van der Waals surface area (Å²) < 4.78 is 3.91. The van der Waals surface area contributed by atoms with Crippen LogP contribution in [0.15, 0.2) is 91.1 Å². The van der Waals surface area contributed by atoms with Crippen molar-refractivity contribution in [2.24, 2.45) is 0 Å². The molecule has 5 aromatic rings. The van der Waals surface area contributed by atoms with Crippen LogP contribution in [-0.2, 0) is 6.54 Å². The summed E-state index contributed by atoms with van der Waals surface area (Å²) in [7, 11) is 0. The molecule has 0 saturated carbocycles. The molecule has 152 valence electrons. The number of pyridine rings is 1. The molecule has 0 aliphatic heterocycles. The van der Waals surface area contributed by atoms with E-state index in [9.17, 15) is 0 Å². The third-order valence-corrected chi connectivity index (χ3v) is 5.86. The number of aromatic nitrogens is 3.